The SMILES string of the molecule is CN1CCOC(CN2Cc3ccc(C(=O)O)cc3C2)C1. The molecule has 1 unspecified atom stereocenters. The molecule has 3 rings (SSSR count). The third-order valence-corrected chi connectivity index (χ3v) is 4.04. The Hall–Kier alpha value is -1.43. The summed E-state index contributed by atoms with van der Waals surface area (Å²) in [4.78, 5) is 15.6. The summed E-state index contributed by atoms with van der Waals surface area (Å²) in [5, 5.41) is 9.03. The van der Waals surface area contributed by atoms with Gasteiger partial charge in [0.2, 0.25) is 0 Å². The average Bonchev–Trinajstić information content (AvgIpc) is 2.79. The van der Waals surface area contributed by atoms with Crippen LogP contribution < -0.4 is 0 Å². The number of nitrogens with zero attached hydrogens (tertiary/aromatic N) is 2. The molecule has 0 amide bonds. The van der Waals surface area contributed by atoms with Crippen molar-refractivity contribution in [3.8, 4) is 0 Å². The predicted molar refractivity (Wildman–Crippen MR) is 74.8 cm³/mol. The predicted octanol–water partition coefficient (Wildman–Crippen LogP) is 1.03. The van der Waals surface area contributed by atoms with E-state index < -0.39 is 5.97 Å². The standard InChI is InChI=1S/C15H20N2O3/c1-16-4-5-20-14(9-16)10-17-7-12-3-2-11(15(18)19)6-13(12)8-17/h2-3,6,14H,4-5,7-10H2,1H3,(H,18,19). The zero-order valence-electron chi connectivity index (χ0n) is 11.7. The van der Waals surface area contributed by atoms with Crippen LogP contribution in [0.1, 0.15) is 21.5 Å². The fourth-order valence-corrected chi connectivity index (χ4v) is 2.99. The largest absolute Gasteiger partial charge is 0.478 e. The van der Waals surface area contributed by atoms with Gasteiger partial charge >= 0.3 is 5.97 Å². The molecule has 20 heavy (non-hydrogen) atoms. The lowest BCUT2D eigenvalue weighted by atomic mass is 10.1. The Labute approximate surface area is 118 Å². The Bertz CT molecular complexity index is 518. The van der Waals surface area contributed by atoms with E-state index in [4.69, 9.17) is 9.84 Å². The van der Waals surface area contributed by atoms with Crippen LogP contribution in [0.25, 0.3) is 0 Å². The number of carboxylic acids is 1. The minimum Gasteiger partial charge on any atom is -0.478 e. The topological polar surface area (TPSA) is 53.0 Å². The maximum Gasteiger partial charge on any atom is 0.335 e. The van der Waals surface area contributed by atoms with Crippen molar-refractivity contribution in [2.24, 2.45) is 0 Å². The number of likely N-dealkylation sites (N-methyl/N-ethyl adjacent to an activating group) is 1. The van der Waals surface area contributed by atoms with Crippen LogP contribution in [0.3, 0.4) is 0 Å². The van der Waals surface area contributed by atoms with E-state index in [0.29, 0.717) is 5.56 Å². The van der Waals surface area contributed by atoms with Gasteiger partial charge in [-0.1, -0.05) is 6.07 Å². The quantitative estimate of drug-likeness (QED) is 0.893. The number of carboxylic acid groups (broad SMARTS) is 1. The minimum atomic E-state index is -0.858. The molecule has 1 aromatic carbocycles. The molecule has 108 valence electrons. The van der Waals surface area contributed by atoms with E-state index in [0.717, 1.165) is 44.9 Å². The Morgan fingerprint density at radius 2 is 2.20 bits per heavy atom. The Kier molecular flexibility index (Phi) is 3.74. The van der Waals surface area contributed by atoms with Gasteiger partial charge in [-0.25, -0.2) is 4.79 Å². The summed E-state index contributed by atoms with van der Waals surface area (Å²) in [5.74, 6) is -0.858. The van der Waals surface area contributed by atoms with E-state index >= 15 is 0 Å². The number of ether oxygens (including phenoxy) is 1. The summed E-state index contributed by atoms with van der Waals surface area (Å²) in [6.45, 7) is 5.37. The maximum absolute atomic E-state index is 11.0. The maximum atomic E-state index is 11.0. The number of hydrogen-bond donors (Lipinski definition) is 1. The summed E-state index contributed by atoms with van der Waals surface area (Å²) in [6.07, 6.45) is 0.252. The summed E-state index contributed by atoms with van der Waals surface area (Å²) in [6, 6.07) is 5.42. The Balaban J connectivity index is 1.63. The highest BCUT2D eigenvalue weighted by Crippen LogP contribution is 2.24. The van der Waals surface area contributed by atoms with Crippen molar-refractivity contribution in [3.63, 3.8) is 0 Å². The van der Waals surface area contributed by atoms with Crippen molar-refractivity contribution in [1.82, 2.24) is 9.80 Å². The van der Waals surface area contributed by atoms with Gasteiger partial charge in [0, 0.05) is 32.7 Å². The molecule has 1 aromatic rings. The number of hydrogen-bond acceptors (Lipinski definition) is 4. The molecule has 1 atom stereocenters. The van der Waals surface area contributed by atoms with Gasteiger partial charge in [-0.15, -0.1) is 0 Å². The molecule has 5 nitrogen and oxygen atoms in total. The Morgan fingerprint density at radius 1 is 1.40 bits per heavy atom. The molecule has 0 spiro atoms. The second-order valence-electron chi connectivity index (χ2n) is 5.71. The molecule has 5 heteroatoms. The van der Waals surface area contributed by atoms with Crippen LogP contribution in [0.2, 0.25) is 0 Å². The molecule has 0 aromatic heterocycles. The van der Waals surface area contributed by atoms with Crippen LogP contribution in [0.5, 0.6) is 0 Å². The van der Waals surface area contributed by atoms with E-state index in [2.05, 4.69) is 16.8 Å². The lowest BCUT2D eigenvalue weighted by Gasteiger charge is -2.32. The monoisotopic (exact) mass is 276 g/mol. The molecular formula is C15H20N2O3. The molecule has 2 aliphatic heterocycles. The van der Waals surface area contributed by atoms with Crippen molar-refractivity contribution in [1.29, 1.82) is 0 Å². The minimum absolute atomic E-state index is 0.252. The van der Waals surface area contributed by atoms with Gasteiger partial charge in [0.05, 0.1) is 18.3 Å². The highest BCUT2D eigenvalue weighted by Gasteiger charge is 2.25. The Morgan fingerprint density at radius 3 is 2.95 bits per heavy atom. The molecular weight excluding hydrogens is 256 g/mol. The molecule has 1 fully saturated rings. The molecule has 0 radical (unpaired) electrons. The first-order chi connectivity index (χ1) is 9.61. The van der Waals surface area contributed by atoms with Crippen molar-refractivity contribution in [2.75, 3.05) is 33.3 Å². The summed E-state index contributed by atoms with van der Waals surface area (Å²) in [5.41, 5.74) is 2.74. The molecule has 2 aliphatic rings. The van der Waals surface area contributed by atoms with Crippen molar-refractivity contribution < 1.29 is 14.6 Å². The second kappa shape index (κ2) is 5.52. The second-order valence-corrected chi connectivity index (χ2v) is 5.71. The zero-order chi connectivity index (χ0) is 14.1. The van der Waals surface area contributed by atoms with Gasteiger partial charge in [-0.2, -0.15) is 0 Å². The zero-order valence-corrected chi connectivity index (χ0v) is 11.7. The van der Waals surface area contributed by atoms with E-state index in [9.17, 15) is 4.79 Å². The smallest absolute Gasteiger partial charge is 0.335 e. The summed E-state index contributed by atoms with van der Waals surface area (Å²) >= 11 is 0. The highest BCUT2D eigenvalue weighted by molar-refractivity contribution is 5.87. The van der Waals surface area contributed by atoms with Crippen molar-refractivity contribution in [2.45, 2.75) is 19.2 Å². The first-order valence-corrected chi connectivity index (χ1v) is 6.99. The molecule has 0 aliphatic carbocycles. The van der Waals surface area contributed by atoms with E-state index in [1.54, 1.807) is 12.1 Å². The highest BCUT2D eigenvalue weighted by atomic mass is 16.5. The fourth-order valence-electron chi connectivity index (χ4n) is 2.99. The lowest BCUT2D eigenvalue weighted by Crippen LogP contribution is -2.45. The molecule has 2 heterocycles. The van der Waals surface area contributed by atoms with Gasteiger partial charge in [-0.3, -0.25) is 4.90 Å². The van der Waals surface area contributed by atoms with Gasteiger partial charge in [-0.05, 0) is 30.3 Å². The number of aromatic carboxylic acids is 1. The van der Waals surface area contributed by atoms with Crippen molar-refractivity contribution in [3.05, 3.63) is 34.9 Å². The number of morpholine rings is 1. The van der Waals surface area contributed by atoms with Crippen LogP contribution in [0.15, 0.2) is 18.2 Å². The number of carbonyl (C=O) groups is 1. The lowest BCUT2D eigenvalue weighted by molar-refractivity contribution is -0.0362. The third kappa shape index (κ3) is 2.85. The summed E-state index contributed by atoms with van der Waals surface area (Å²) in [7, 11) is 2.12. The molecule has 1 N–H and O–H groups in total. The first-order valence-electron chi connectivity index (χ1n) is 6.99. The fraction of sp³-hybridized carbons (Fsp3) is 0.533. The normalized spacial score (nSPS) is 23.8. The van der Waals surface area contributed by atoms with Crippen LogP contribution >= 0.6 is 0 Å². The van der Waals surface area contributed by atoms with Crippen LogP contribution in [0.4, 0.5) is 0 Å². The van der Waals surface area contributed by atoms with Gasteiger partial charge in [0.25, 0.3) is 0 Å². The van der Waals surface area contributed by atoms with E-state index in [1.165, 1.54) is 5.56 Å². The average molecular weight is 276 g/mol. The third-order valence-electron chi connectivity index (χ3n) is 4.04. The first kappa shape index (κ1) is 13.5. The molecule has 0 bridgehead atoms. The van der Waals surface area contributed by atoms with E-state index in [-0.39, 0.29) is 6.10 Å². The van der Waals surface area contributed by atoms with E-state index in [1.807, 2.05) is 6.07 Å². The van der Waals surface area contributed by atoms with Gasteiger partial charge in [0.15, 0.2) is 0 Å². The number of benzene rings is 1. The van der Waals surface area contributed by atoms with Crippen LogP contribution in [-0.2, 0) is 17.8 Å². The number of rotatable bonds is 3. The van der Waals surface area contributed by atoms with Crippen LogP contribution in [-0.4, -0.2) is 60.3 Å². The van der Waals surface area contributed by atoms with Gasteiger partial charge < -0.3 is 14.7 Å². The summed E-state index contributed by atoms with van der Waals surface area (Å²) < 4.78 is 5.79. The molecule has 0 saturated carbocycles. The number of fused-ring (bicyclic) bond motifs is 1. The molecule has 1 saturated heterocycles. The van der Waals surface area contributed by atoms with Crippen LogP contribution in [0, 0.1) is 0 Å². The van der Waals surface area contributed by atoms with Crippen molar-refractivity contribution >= 4 is 5.97 Å². The van der Waals surface area contributed by atoms with Gasteiger partial charge in [0.1, 0.15) is 0 Å².